The van der Waals surface area contributed by atoms with Gasteiger partial charge >= 0.3 is 5.97 Å². The number of halogens is 2. The van der Waals surface area contributed by atoms with E-state index >= 15 is 0 Å². The average Bonchev–Trinajstić information content (AvgIpc) is 2.59. The third-order valence-electron chi connectivity index (χ3n) is 3.54. The first-order chi connectivity index (χ1) is 12.2. The number of hydrogen-bond acceptors (Lipinski definition) is 5. The molecule has 0 aliphatic heterocycles. The van der Waals surface area contributed by atoms with E-state index in [-0.39, 0.29) is 19.0 Å². The normalized spacial score (nSPS) is 11.4. The zero-order valence-corrected chi connectivity index (χ0v) is 15.4. The Kier molecular flexibility index (Phi) is 8.59. The van der Waals surface area contributed by atoms with Gasteiger partial charge in [-0.25, -0.2) is 21.9 Å². The van der Waals surface area contributed by atoms with Gasteiger partial charge in [0.1, 0.15) is 0 Å². The smallest absolute Gasteiger partial charge is 0.307 e. The highest BCUT2D eigenvalue weighted by Gasteiger charge is 2.17. The number of benzene rings is 1. The number of rotatable bonds is 10. The van der Waals surface area contributed by atoms with Crippen LogP contribution in [-0.4, -0.2) is 39.5 Å². The Balaban J connectivity index is 2.41. The predicted octanol–water partition coefficient (Wildman–Crippen LogP) is 1.48. The standard InChI is InChI=1S/C16H22F2N2O5S/c1-3-11(4-2)20-15(21)10-25-16(22)7-8-19-26(23,24)12-5-6-13(17)14(18)9-12/h5-6,9,11,19H,3-4,7-8,10H2,1-2H3,(H,20,21). The fraction of sp³-hybridized carbons (Fsp3) is 0.500. The van der Waals surface area contributed by atoms with Crippen molar-refractivity contribution in [1.82, 2.24) is 10.0 Å². The van der Waals surface area contributed by atoms with Gasteiger partial charge in [0.25, 0.3) is 5.91 Å². The number of amides is 1. The third-order valence-corrected chi connectivity index (χ3v) is 5.00. The molecule has 0 aliphatic rings. The van der Waals surface area contributed by atoms with Crippen molar-refractivity contribution < 1.29 is 31.5 Å². The minimum Gasteiger partial charge on any atom is -0.456 e. The molecule has 0 aromatic heterocycles. The van der Waals surface area contributed by atoms with Crippen LogP contribution in [0.5, 0.6) is 0 Å². The lowest BCUT2D eigenvalue weighted by molar-refractivity contribution is -0.148. The Morgan fingerprint density at radius 2 is 1.81 bits per heavy atom. The molecule has 0 fully saturated rings. The monoisotopic (exact) mass is 392 g/mol. The number of nitrogens with one attached hydrogen (secondary N) is 2. The summed E-state index contributed by atoms with van der Waals surface area (Å²) in [6, 6.07) is 2.14. The maximum Gasteiger partial charge on any atom is 0.307 e. The molecule has 0 heterocycles. The van der Waals surface area contributed by atoms with Gasteiger partial charge < -0.3 is 10.1 Å². The molecule has 2 N–H and O–H groups in total. The second-order valence-electron chi connectivity index (χ2n) is 5.47. The number of ether oxygens (including phenoxy) is 1. The van der Waals surface area contributed by atoms with E-state index in [1.807, 2.05) is 13.8 Å². The van der Waals surface area contributed by atoms with Crippen molar-refractivity contribution >= 4 is 21.9 Å². The van der Waals surface area contributed by atoms with Crippen LogP contribution in [0.2, 0.25) is 0 Å². The molecular formula is C16H22F2N2O5S. The van der Waals surface area contributed by atoms with Gasteiger partial charge in [0.05, 0.1) is 11.3 Å². The van der Waals surface area contributed by atoms with Crippen LogP contribution in [-0.2, 0) is 24.3 Å². The van der Waals surface area contributed by atoms with Crippen molar-refractivity contribution in [3.8, 4) is 0 Å². The van der Waals surface area contributed by atoms with E-state index in [9.17, 15) is 26.8 Å². The summed E-state index contributed by atoms with van der Waals surface area (Å²) in [7, 11) is -4.09. The largest absolute Gasteiger partial charge is 0.456 e. The first kappa shape index (κ1) is 22.0. The fourth-order valence-corrected chi connectivity index (χ4v) is 3.04. The molecule has 0 saturated heterocycles. The Labute approximate surface area is 151 Å². The quantitative estimate of drug-likeness (QED) is 0.588. The zero-order valence-electron chi connectivity index (χ0n) is 14.6. The van der Waals surface area contributed by atoms with Crippen molar-refractivity contribution in [1.29, 1.82) is 0 Å². The van der Waals surface area contributed by atoms with E-state index < -0.39 is 45.0 Å². The zero-order chi connectivity index (χ0) is 19.7. The SMILES string of the molecule is CCC(CC)NC(=O)COC(=O)CCNS(=O)(=O)c1ccc(F)c(F)c1. The average molecular weight is 392 g/mol. The van der Waals surface area contributed by atoms with Gasteiger partial charge in [0, 0.05) is 12.6 Å². The second kappa shape index (κ2) is 10.2. The van der Waals surface area contributed by atoms with Gasteiger partial charge in [0.2, 0.25) is 10.0 Å². The summed E-state index contributed by atoms with van der Waals surface area (Å²) in [5, 5.41) is 2.69. The minimum atomic E-state index is -4.09. The summed E-state index contributed by atoms with van der Waals surface area (Å²) in [5.41, 5.74) is 0. The van der Waals surface area contributed by atoms with E-state index in [4.69, 9.17) is 4.74 Å². The highest BCUT2D eigenvalue weighted by atomic mass is 32.2. The summed E-state index contributed by atoms with van der Waals surface area (Å²) in [6.07, 6.45) is 1.19. The molecule has 0 radical (unpaired) electrons. The van der Waals surface area contributed by atoms with Gasteiger partial charge in [-0.05, 0) is 31.0 Å². The predicted molar refractivity (Wildman–Crippen MR) is 89.6 cm³/mol. The van der Waals surface area contributed by atoms with Crippen molar-refractivity contribution in [3.05, 3.63) is 29.8 Å². The van der Waals surface area contributed by atoms with Gasteiger partial charge in [-0.2, -0.15) is 0 Å². The lowest BCUT2D eigenvalue weighted by Crippen LogP contribution is -2.37. The van der Waals surface area contributed by atoms with Gasteiger partial charge in [-0.1, -0.05) is 13.8 Å². The maximum absolute atomic E-state index is 13.1. The highest BCUT2D eigenvalue weighted by Crippen LogP contribution is 2.13. The molecule has 1 amide bonds. The second-order valence-corrected chi connectivity index (χ2v) is 7.23. The molecule has 7 nitrogen and oxygen atoms in total. The highest BCUT2D eigenvalue weighted by molar-refractivity contribution is 7.89. The topological polar surface area (TPSA) is 102 Å². The minimum absolute atomic E-state index is 0.00381. The van der Waals surface area contributed by atoms with Crippen molar-refractivity contribution in [3.63, 3.8) is 0 Å². The molecule has 1 rings (SSSR count). The van der Waals surface area contributed by atoms with Crippen LogP contribution >= 0.6 is 0 Å². The first-order valence-electron chi connectivity index (χ1n) is 8.09. The van der Waals surface area contributed by atoms with Crippen LogP contribution in [0.1, 0.15) is 33.1 Å². The number of carbonyl (C=O) groups is 2. The van der Waals surface area contributed by atoms with Gasteiger partial charge in [-0.3, -0.25) is 9.59 Å². The Hall–Kier alpha value is -2.07. The van der Waals surface area contributed by atoms with Crippen LogP contribution in [0.4, 0.5) is 8.78 Å². The lowest BCUT2D eigenvalue weighted by atomic mass is 10.2. The molecule has 0 saturated carbocycles. The van der Waals surface area contributed by atoms with E-state index in [0.29, 0.717) is 12.1 Å². The molecule has 1 aromatic carbocycles. The molecule has 146 valence electrons. The number of esters is 1. The van der Waals surface area contributed by atoms with Crippen molar-refractivity contribution in [2.75, 3.05) is 13.2 Å². The van der Waals surface area contributed by atoms with Crippen molar-refractivity contribution in [2.45, 2.75) is 44.0 Å². The third kappa shape index (κ3) is 7.04. The van der Waals surface area contributed by atoms with E-state index in [2.05, 4.69) is 10.0 Å². The number of sulfonamides is 1. The Bertz CT molecular complexity index is 736. The summed E-state index contributed by atoms with van der Waals surface area (Å²) in [4.78, 5) is 22.7. The number of hydrogen-bond donors (Lipinski definition) is 2. The summed E-state index contributed by atoms with van der Waals surface area (Å²) >= 11 is 0. The molecule has 10 heteroatoms. The van der Waals surface area contributed by atoms with Crippen LogP contribution in [0.25, 0.3) is 0 Å². The number of carbonyl (C=O) groups excluding carboxylic acids is 2. The van der Waals surface area contributed by atoms with Crippen molar-refractivity contribution in [2.24, 2.45) is 0 Å². The maximum atomic E-state index is 13.1. The van der Waals surface area contributed by atoms with Gasteiger partial charge in [-0.15, -0.1) is 0 Å². The first-order valence-corrected chi connectivity index (χ1v) is 9.57. The van der Waals surface area contributed by atoms with Crippen LogP contribution in [0.3, 0.4) is 0 Å². The molecule has 0 unspecified atom stereocenters. The van der Waals surface area contributed by atoms with Crippen LogP contribution in [0, 0.1) is 11.6 Å². The lowest BCUT2D eigenvalue weighted by Gasteiger charge is -2.14. The molecule has 1 aromatic rings. The molecule has 0 atom stereocenters. The summed E-state index contributed by atoms with van der Waals surface area (Å²) in [5.74, 6) is -3.66. The van der Waals surface area contributed by atoms with E-state index in [0.717, 1.165) is 18.9 Å². The molecule has 0 bridgehead atoms. The molecule has 0 aliphatic carbocycles. The van der Waals surface area contributed by atoms with Gasteiger partial charge in [0.15, 0.2) is 18.2 Å². The Morgan fingerprint density at radius 1 is 1.15 bits per heavy atom. The molecule has 26 heavy (non-hydrogen) atoms. The van der Waals surface area contributed by atoms with Crippen LogP contribution < -0.4 is 10.0 Å². The van der Waals surface area contributed by atoms with E-state index in [1.165, 1.54) is 0 Å². The summed E-state index contributed by atoms with van der Waals surface area (Å²) in [6.45, 7) is 3.07. The molecular weight excluding hydrogens is 370 g/mol. The summed E-state index contributed by atoms with van der Waals surface area (Å²) < 4.78 is 56.6. The fourth-order valence-electron chi connectivity index (χ4n) is 2.00. The van der Waals surface area contributed by atoms with E-state index in [1.54, 1.807) is 0 Å². The van der Waals surface area contributed by atoms with Crippen LogP contribution in [0.15, 0.2) is 23.1 Å². The Morgan fingerprint density at radius 3 is 2.38 bits per heavy atom. The molecule has 0 spiro atoms.